The van der Waals surface area contributed by atoms with Crippen LogP contribution in [0.5, 0.6) is 11.5 Å². The van der Waals surface area contributed by atoms with Crippen molar-refractivity contribution < 1.29 is 18.7 Å². The molecule has 2 aromatic carbocycles. The Morgan fingerprint density at radius 1 is 0.949 bits per heavy atom. The first-order valence-corrected chi connectivity index (χ1v) is 13.5. The van der Waals surface area contributed by atoms with E-state index in [9.17, 15) is 9.59 Å². The van der Waals surface area contributed by atoms with Gasteiger partial charge in [0.15, 0.2) is 16.9 Å². The van der Waals surface area contributed by atoms with E-state index >= 15 is 0 Å². The number of ether oxygens (including phenoxy) is 2. The maximum Gasteiger partial charge on any atom is 0.296 e. The summed E-state index contributed by atoms with van der Waals surface area (Å²) in [7, 11) is 1.59. The van der Waals surface area contributed by atoms with Gasteiger partial charge in [-0.15, -0.1) is 0 Å². The van der Waals surface area contributed by atoms with E-state index in [2.05, 4.69) is 11.9 Å². The van der Waals surface area contributed by atoms with E-state index in [0.717, 1.165) is 36.0 Å². The summed E-state index contributed by atoms with van der Waals surface area (Å²) in [6, 6.07) is 12.1. The summed E-state index contributed by atoms with van der Waals surface area (Å²) in [6.45, 7) is 8.61. The molecule has 1 amide bonds. The Hall–Kier alpha value is -4.13. The first-order valence-electron chi connectivity index (χ1n) is 13.5. The fourth-order valence-electron chi connectivity index (χ4n) is 5.07. The van der Waals surface area contributed by atoms with Gasteiger partial charge in [-0.25, -0.2) is 4.98 Å². The summed E-state index contributed by atoms with van der Waals surface area (Å²) >= 11 is 0. The van der Waals surface area contributed by atoms with Crippen molar-refractivity contribution in [3.8, 4) is 11.5 Å². The van der Waals surface area contributed by atoms with Crippen molar-refractivity contribution in [3.05, 3.63) is 92.5 Å². The van der Waals surface area contributed by atoms with Gasteiger partial charge in [0.25, 0.3) is 5.91 Å². The number of anilines is 1. The molecule has 0 N–H and O–H groups in total. The van der Waals surface area contributed by atoms with Gasteiger partial charge in [-0.05, 0) is 79.8 Å². The summed E-state index contributed by atoms with van der Waals surface area (Å²) < 4.78 is 17.8. The van der Waals surface area contributed by atoms with Crippen molar-refractivity contribution in [2.45, 2.75) is 59.4 Å². The van der Waals surface area contributed by atoms with Gasteiger partial charge in [0.2, 0.25) is 5.76 Å². The standard InChI is InChI=1S/C32H34N2O5/c1-6-7-8-9-14-38-24-12-11-22(17-26(24)37-5)29-28-30(35)23-15-20(3)21(4)16-25(23)39-31(28)32(36)34(29)27-13-10-19(2)18-33-27/h10-13,15-18,29H,6-9,14H2,1-5H3. The number of nitrogens with zero attached hydrogens (tertiary/aromatic N) is 2. The van der Waals surface area contributed by atoms with Gasteiger partial charge in [0.05, 0.1) is 30.7 Å². The van der Waals surface area contributed by atoms with Crippen LogP contribution in [0.15, 0.2) is 57.9 Å². The monoisotopic (exact) mass is 526 g/mol. The molecule has 2 aromatic heterocycles. The molecular weight excluding hydrogens is 492 g/mol. The molecule has 0 spiro atoms. The van der Waals surface area contributed by atoms with Crippen LogP contribution in [0.2, 0.25) is 0 Å². The Morgan fingerprint density at radius 3 is 2.46 bits per heavy atom. The lowest BCUT2D eigenvalue weighted by Gasteiger charge is -2.25. The zero-order valence-electron chi connectivity index (χ0n) is 23.2. The number of carbonyl (C=O) groups excluding carboxylic acids is 1. The second-order valence-corrected chi connectivity index (χ2v) is 10.2. The Balaban J connectivity index is 1.64. The van der Waals surface area contributed by atoms with Gasteiger partial charge in [-0.3, -0.25) is 14.5 Å². The lowest BCUT2D eigenvalue weighted by atomic mass is 9.97. The van der Waals surface area contributed by atoms with Gasteiger partial charge in [-0.1, -0.05) is 38.3 Å². The van der Waals surface area contributed by atoms with Crippen LogP contribution in [0.1, 0.15) is 77.0 Å². The fraction of sp³-hybridized carbons (Fsp3) is 0.344. The summed E-state index contributed by atoms with van der Waals surface area (Å²) in [5.41, 5.74) is 4.11. The highest BCUT2D eigenvalue weighted by Crippen LogP contribution is 2.43. The van der Waals surface area contributed by atoms with Crippen LogP contribution in [0.4, 0.5) is 5.82 Å². The number of methoxy groups -OCH3 is 1. The molecule has 5 rings (SSSR count). The van der Waals surface area contributed by atoms with Crippen LogP contribution >= 0.6 is 0 Å². The van der Waals surface area contributed by atoms with E-state index in [1.165, 1.54) is 11.3 Å². The quantitative estimate of drug-likeness (QED) is 0.222. The smallest absolute Gasteiger partial charge is 0.296 e. The number of benzene rings is 2. The van der Waals surface area contributed by atoms with Gasteiger partial charge in [0.1, 0.15) is 11.4 Å². The number of pyridine rings is 1. The molecular formula is C32H34N2O5. The molecule has 0 saturated carbocycles. The number of fused-ring (bicyclic) bond motifs is 2. The van der Waals surface area contributed by atoms with E-state index in [1.54, 1.807) is 19.4 Å². The van der Waals surface area contributed by atoms with Crippen molar-refractivity contribution >= 4 is 22.7 Å². The second kappa shape index (κ2) is 10.9. The SMILES string of the molecule is CCCCCCOc1ccc(C2c3c(oc4cc(C)c(C)cc4c3=O)C(=O)N2c2ccc(C)cn2)cc1OC. The highest BCUT2D eigenvalue weighted by Gasteiger charge is 2.44. The van der Waals surface area contributed by atoms with Crippen LogP contribution in [0.25, 0.3) is 11.0 Å². The zero-order valence-corrected chi connectivity index (χ0v) is 23.2. The highest BCUT2D eigenvalue weighted by molar-refractivity contribution is 6.10. The van der Waals surface area contributed by atoms with Gasteiger partial charge >= 0.3 is 0 Å². The Labute approximate surface area is 228 Å². The molecule has 4 aromatic rings. The molecule has 0 bridgehead atoms. The second-order valence-electron chi connectivity index (χ2n) is 10.2. The molecule has 39 heavy (non-hydrogen) atoms. The van der Waals surface area contributed by atoms with Crippen molar-refractivity contribution in [2.75, 3.05) is 18.6 Å². The minimum atomic E-state index is -0.738. The third-order valence-corrected chi connectivity index (χ3v) is 7.39. The average molecular weight is 527 g/mol. The van der Waals surface area contributed by atoms with Crippen molar-refractivity contribution in [3.63, 3.8) is 0 Å². The maximum absolute atomic E-state index is 14.0. The molecule has 7 heteroatoms. The predicted octanol–water partition coefficient (Wildman–Crippen LogP) is 6.83. The molecule has 1 aliphatic rings. The number of hydrogen-bond acceptors (Lipinski definition) is 6. The van der Waals surface area contributed by atoms with Crippen molar-refractivity contribution in [1.82, 2.24) is 4.98 Å². The fourth-order valence-corrected chi connectivity index (χ4v) is 5.07. The van der Waals surface area contributed by atoms with E-state index in [-0.39, 0.29) is 11.2 Å². The average Bonchev–Trinajstić information content (AvgIpc) is 3.22. The van der Waals surface area contributed by atoms with Gasteiger partial charge in [-0.2, -0.15) is 0 Å². The third-order valence-electron chi connectivity index (χ3n) is 7.39. The van der Waals surface area contributed by atoms with Crippen LogP contribution in [-0.4, -0.2) is 24.6 Å². The summed E-state index contributed by atoms with van der Waals surface area (Å²) in [5, 5.41) is 0.451. The molecule has 0 radical (unpaired) electrons. The lowest BCUT2D eigenvalue weighted by Crippen LogP contribution is -2.30. The highest BCUT2D eigenvalue weighted by atomic mass is 16.5. The number of carbonyl (C=O) groups is 1. The molecule has 3 heterocycles. The predicted molar refractivity (Wildman–Crippen MR) is 152 cm³/mol. The van der Waals surface area contributed by atoms with Crippen LogP contribution in [0.3, 0.4) is 0 Å². The van der Waals surface area contributed by atoms with E-state index in [1.807, 2.05) is 57.2 Å². The summed E-state index contributed by atoms with van der Waals surface area (Å²) in [6.07, 6.45) is 6.11. The van der Waals surface area contributed by atoms with Gasteiger partial charge in [0, 0.05) is 6.20 Å². The minimum absolute atomic E-state index is 0.0401. The maximum atomic E-state index is 14.0. The summed E-state index contributed by atoms with van der Waals surface area (Å²) in [5.74, 6) is 1.24. The number of aromatic nitrogens is 1. The summed E-state index contributed by atoms with van der Waals surface area (Å²) in [4.78, 5) is 33.9. The number of rotatable bonds is 9. The molecule has 202 valence electrons. The minimum Gasteiger partial charge on any atom is -0.493 e. The van der Waals surface area contributed by atoms with Crippen LogP contribution < -0.4 is 19.8 Å². The zero-order chi connectivity index (χ0) is 27.7. The molecule has 0 fully saturated rings. The Morgan fingerprint density at radius 2 is 1.74 bits per heavy atom. The van der Waals surface area contributed by atoms with E-state index < -0.39 is 11.9 Å². The third kappa shape index (κ3) is 4.89. The number of hydrogen-bond donors (Lipinski definition) is 0. The number of aryl methyl sites for hydroxylation is 3. The van der Waals surface area contributed by atoms with Crippen molar-refractivity contribution in [1.29, 1.82) is 0 Å². The molecule has 0 saturated heterocycles. The Bertz CT molecular complexity index is 1590. The van der Waals surface area contributed by atoms with E-state index in [0.29, 0.717) is 46.0 Å². The molecule has 7 nitrogen and oxygen atoms in total. The molecule has 1 atom stereocenters. The number of unbranched alkanes of at least 4 members (excludes halogenated alkanes) is 3. The van der Waals surface area contributed by atoms with Crippen LogP contribution in [-0.2, 0) is 0 Å². The molecule has 0 aliphatic carbocycles. The normalized spacial score (nSPS) is 14.6. The first-order chi connectivity index (χ1) is 18.8. The molecule has 1 aliphatic heterocycles. The Kier molecular flexibility index (Phi) is 7.42. The lowest BCUT2D eigenvalue weighted by molar-refractivity contribution is 0.0970. The van der Waals surface area contributed by atoms with Crippen molar-refractivity contribution in [2.24, 2.45) is 0 Å². The molecule has 1 unspecified atom stereocenters. The largest absolute Gasteiger partial charge is 0.493 e. The van der Waals surface area contributed by atoms with Gasteiger partial charge < -0.3 is 13.9 Å². The first kappa shape index (κ1) is 26.5. The topological polar surface area (TPSA) is 81.9 Å². The number of amides is 1. The van der Waals surface area contributed by atoms with E-state index in [4.69, 9.17) is 13.9 Å². The van der Waals surface area contributed by atoms with Crippen LogP contribution in [0, 0.1) is 20.8 Å².